The van der Waals surface area contributed by atoms with Gasteiger partial charge in [-0.2, -0.15) is 0 Å². The first-order valence-corrected chi connectivity index (χ1v) is 7.01. The fraction of sp³-hybridized carbons (Fsp3) is 0.533. The Morgan fingerprint density at radius 1 is 1.50 bits per heavy atom. The highest BCUT2D eigenvalue weighted by Crippen LogP contribution is 2.40. The van der Waals surface area contributed by atoms with Crippen molar-refractivity contribution in [1.82, 2.24) is 0 Å². The van der Waals surface area contributed by atoms with Crippen LogP contribution >= 0.6 is 11.6 Å². The van der Waals surface area contributed by atoms with Gasteiger partial charge in [-0.25, -0.2) is 0 Å². The number of carboxylic acids is 1. The Morgan fingerprint density at radius 3 is 2.55 bits per heavy atom. The van der Waals surface area contributed by atoms with Gasteiger partial charge in [0.25, 0.3) is 0 Å². The van der Waals surface area contributed by atoms with E-state index >= 15 is 0 Å². The zero-order valence-corrected chi connectivity index (χ0v) is 13.1. The number of halogens is 1. The molecule has 1 unspecified atom stereocenters. The molecule has 0 radical (unpaired) electrons. The molecule has 0 heterocycles. The standard InChI is InChI=1S/C15H22ClNO3/c1-8(2)10-7-11(16)9(3)14(15(10)20-4)12(17)5-6-13(18)19/h7-8,12H,5-6,17H2,1-4H3,(H,18,19). The topological polar surface area (TPSA) is 72.5 Å². The van der Waals surface area contributed by atoms with Gasteiger partial charge in [0, 0.05) is 23.0 Å². The van der Waals surface area contributed by atoms with E-state index in [0.717, 1.165) is 22.4 Å². The molecule has 0 saturated heterocycles. The lowest BCUT2D eigenvalue weighted by atomic mass is 9.91. The molecule has 0 aliphatic carbocycles. The van der Waals surface area contributed by atoms with Crippen molar-refractivity contribution in [1.29, 1.82) is 0 Å². The molecule has 0 spiro atoms. The third kappa shape index (κ3) is 3.64. The number of benzene rings is 1. The van der Waals surface area contributed by atoms with Gasteiger partial charge in [0.1, 0.15) is 5.75 Å². The Bertz CT molecular complexity index is 500. The summed E-state index contributed by atoms with van der Waals surface area (Å²) in [5, 5.41) is 9.42. The molecule has 3 N–H and O–H groups in total. The van der Waals surface area contributed by atoms with Gasteiger partial charge in [0.15, 0.2) is 0 Å². The van der Waals surface area contributed by atoms with E-state index in [1.54, 1.807) is 7.11 Å². The molecule has 0 fully saturated rings. The van der Waals surface area contributed by atoms with Crippen LogP contribution in [0.15, 0.2) is 6.07 Å². The lowest BCUT2D eigenvalue weighted by molar-refractivity contribution is -0.137. The number of carbonyl (C=O) groups is 1. The SMILES string of the molecule is COc1c(C(C)C)cc(Cl)c(C)c1C(N)CCC(=O)O. The van der Waals surface area contributed by atoms with Crippen molar-refractivity contribution in [2.75, 3.05) is 7.11 Å². The van der Waals surface area contributed by atoms with E-state index in [1.807, 2.05) is 13.0 Å². The Hall–Kier alpha value is -1.26. The molecular formula is C15H22ClNO3. The van der Waals surface area contributed by atoms with E-state index in [9.17, 15) is 4.79 Å². The second-order valence-electron chi connectivity index (χ2n) is 5.21. The molecule has 1 rings (SSSR count). The summed E-state index contributed by atoms with van der Waals surface area (Å²) in [5.41, 5.74) is 8.81. The summed E-state index contributed by atoms with van der Waals surface area (Å²) in [5.74, 6) is 0.108. The van der Waals surface area contributed by atoms with Gasteiger partial charge in [-0.3, -0.25) is 4.79 Å². The predicted molar refractivity (Wildman–Crippen MR) is 80.6 cm³/mol. The summed E-state index contributed by atoms with van der Waals surface area (Å²) in [6, 6.07) is 1.49. The van der Waals surface area contributed by atoms with Crippen molar-refractivity contribution in [3.8, 4) is 5.75 Å². The Morgan fingerprint density at radius 2 is 2.10 bits per heavy atom. The fourth-order valence-corrected chi connectivity index (χ4v) is 2.51. The van der Waals surface area contributed by atoms with Crippen molar-refractivity contribution in [2.45, 2.75) is 45.6 Å². The molecule has 1 atom stereocenters. The average molecular weight is 300 g/mol. The summed E-state index contributed by atoms with van der Waals surface area (Å²) < 4.78 is 5.52. The summed E-state index contributed by atoms with van der Waals surface area (Å²) >= 11 is 6.27. The summed E-state index contributed by atoms with van der Waals surface area (Å²) in [6.45, 7) is 5.98. The van der Waals surface area contributed by atoms with Gasteiger partial charge in [-0.15, -0.1) is 0 Å². The second kappa shape index (κ2) is 6.95. The molecule has 112 valence electrons. The highest BCUT2D eigenvalue weighted by molar-refractivity contribution is 6.31. The number of rotatable bonds is 6. The molecule has 0 aliphatic heterocycles. The molecule has 0 aliphatic rings. The summed E-state index contributed by atoms with van der Waals surface area (Å²) in [7, 11) is 1.60. The molecule has 1 aromatic carbocycles. The van der Waals surface area contributed by atoms with Crippen molar-refractivity contribution >= 4 is 17.6 Å². The maximum absolute atomic E-state index is 10.7. The largest absolute Gasteiger partial charge is 0.496 e. The maximum atomic E-state index is 10.7. The van der Waals surface area contributed by atoms with Gasteiger partial charge < -0.3 is 15.6 Å². The number of ether oxygens (including phenoxy) is 1. The van der Waals surface area contributed by atoms with Crippen LogP contribution in [0.3, 0.4) is 0 Å². The van der Waals surface area contributed by atoms with E-state index in [1.165, 1.54) is 0 Å². The van der Waals surface area contributed by atoms with E-state index in [2.05, 4.69) is 13.8 Å². The van der Waals surface area contributed by atoms with Crippen LogP contribution in [0.2, 0.25) is 5.02 Å². The summed E-state index contributed by atoms with van der Waals surface area (Å²) in [6.07, 6.45) is 0.373. The van der Waals surface area contributed by atoms with Crippen LogP contribution in [-0.4, -0.2) is 18.2 Å². The highest BCUT2D eigenvalue weighted by atomic mass is 35.5. The van der Waals surface area contributed by atoms with E-state index in [4.69, 9.17) is 27.2 Å². The number of carboxylic acid groups (broad SMARTS) is 1. The van der Waals surface area contributed by atoms with Gasteiger partial charge in [-0.05, 0) is 36.5 Å². The number of aliphatic carboxylic acids is 1. The maximum Gasteiger partial charge on any atom is 0.303 e. The molecule has 0 aromatic heterocycles. The first-order valence-electron chi connectivity index (χ1n) is 6.63. The van der Waals surface area contributed by atoms with Crippen molar-refractivity contribution in [3.05, 3.63) is 27.8 Å². The molecular weight excluding hydrogens is 278 g/mol. The van der Waals surface area contributed by atoms with Crippen LogP contribution < -0.4 is 10.5 Å². The first-order chi connectivity index (χ1) is 9.29. The minimum atomic E-state index is -0.858. The minimum absolute atomic E-state index is 0.0211. The Balaban J connectivity index is 3.31. The third-order valence-corrected chi connectivity index (χ3v) is 3.81. The number of methoxy groups -OCH3 is 1. The van der Waals surface area contributed by atoms with E-state index < -0.39 is 12.0 Å². The third-order valence-electron chi connectivity index (χ3n) is 3.42. The number of hydrogen-bond donors (Lipinski definition) is 2. The van der Waals surface area contributed by atoms with Crippen LogP contribution in [0.1, 0.15) is 55.3 Å². The molecule has 4 nitrogen and oxygen atoms in total. The smallest absolute Gasteiger partial charge is 0.303 e. The quantitative estimate of drug-likeness (QED) is 0.841. The zero-order valence-electron chi connectivity index (χ0n) is 12.4. The van der Waals surface area contributed by atoms with Crippen molar-refractivity contribution in [2.24, 2.45) is 5.73 Å². The predicted octanol–water partition coefficient (Wildman–Crippen LogP) is 3.65. The molecule has 5 heteroatoms. The van der Waals surface area contributed by atoms with Crippen LogP contribution in [-0.2, 0) is 4.79 Å². The van der Waals surface area contributed by atoms with Gasteiger partial charge in [0.2, 0.25) is 0 Å². The number of nitrogens with two attached hydrogens (primary N) is 1. The fourth-order valence-electron chi connectivity index (χ4n) is 2.29. The lowest BCUT2D eigenvalue weighted by Gasteiger charge is -2.23. The van der Waals surface area contributed by atoms with E-state index in [0.29, 0.717) is 11.4 Å². The van der Waals surface area contributed by atoms with Crippen molar-refractivity contribution in [3.63, 3.8) is 0 Å². The van der Waals surface area contributed by atoms with Crippen LogP contribution in [0, 0.1) is 6.92 Å². The zero-order chi connectivity index (χ0) is 15.4. The van der Waals surface area contributed by atoms with Crippen LogP contribution in [0.5, 0.6) is 5.75 Å². The minimum Gasteiger partial charge on any atom is -0.496 e. The van der Waals surface area contributed by atoms with Crippen LogP contribution in [0.4, 0.5) is 0 Å². The molecule has 20 heavy (non-hydrogen) atoms. The molecule has 0 saturated carbocycles. The van der Waals surface area contributed by atoms with Gasteiger partial charge >= 0.3 is 5.97 Å². The first kappa shape index (κ1) is 16.8. The van der Waals surface area contributed by atoms with Crippen LogP contribution in [0.25, 0.3) is 0 Å². The highest BCUT2D eigenvalue weighted by Gasteiger charge is 2.22. The molecule has 0 bridgehead atoms. The van der Waals surface area contributed by atoms with Gasteiger partial charge in [0.05, 0.1) is 7.11 Å². The Kier molecular flexibility index (Phi) is 5.84. The average Bonchev–Trinajstić information content (AvgIpc) is 2.37. The lowest BCUT2D eigenvalue weighted by Crippen LogP contribution is -2.16. The molecule has 1 aromatic rings. The van der Waals surface area contributed by atoms with E-state index in [-0.39, 0.29) is 12.3 Å². The molecule has 0 amide bonds. The monoisotopic (exact) mass is 299 g/mol. The van der Waals surface area contributed by atoms with Gasteiger partial charge in [-0.1, -0.05) is 25.4 Å². The summed E-state index contributed by atoms with van der Waals surface area (Å²) in [4.78, 5) is 10.7. The normalized spacial score (nSPS) is 12.6. The Labute approximate surface area is 124 Å². The van der Waals surface area contributed by atoms with Crippen molar-refractivity contribution < 1.29 is 14.6 Å². The second-order valence-corrected chi connectivity index (χ2v) is 5.62. The number of hydrogen-bond acceptors (Lipinski definition) is 3.